The zero-order chi connectivity index (χ0) is 14.0. The van der Waals surface area contributed by atoms with Crippen molar-refractivity contribution in [2.24, 2.45) is 0 Å². The van der Waals surface area contributed by atoms with Crippen molar-refractivity contribution >= 4 is 11.6 Å². The molecule has 0 spiro atoms. The van der Waals surface area contributed by atoms with Gasteiger partial charge in [-0.1, -0.05) is 6.07 Å². The van der Waals surface area contributed by atoms with E-state index >= 15 is 0 Å². The molecule has 0 aliphatic heterocycles. The van der Waals surface area contributed by atoms with Gasteiger partial charge in [-0.25, -0.2) is 0 Å². The molecule has 5 nitrogen and oxygen atoms in total. The fraction of sp³-hybridized carbons (Fsp3) is 0.286. The van der Waals surface area contributed by atoms with E-state index in [9.17, 15) is 4.79 Å². The van der Waals surface area contributed by atoms with Crippen molar-refractivity contribution in [2.75, 3.05) is 5.73 Å². The molecule has 0 aliphatic rings. The van der Waals surface area contributed by atoms with Crippen LogP contribution >= 0.6 is 0 Å². The van der Waals surface area contributed by atoms with Crippen molar-refractivity contribution in [3.63, 3.8) is 0 Å². The van der Waals surface area contributed by atoms with E-state index in [0.29, 0.717) is 17.8 Å². The van der Waals surface area contributed by atoms with Crippen molar-refractivity contribution in [3.05, 3.63) is 46.3 Å². The summed E-state index contributed by atoms with van der Waals surface area (Å²) in [5.41, 5.74) is 10.9. The number of nitrogens with one attached hydrogen (secondary N) is 2. The number of nitrogens with two attached hydrogens (primary N) is 1. The molecule has 4 N–H and O–H groups in total. The van der Waals surface area contributed by atoms with E-state index in [1.807, 2.05) is 26.8 Å². The number of H-pyrrole nitrogens is 1. The highest BCUT2D eigenvalue weighted by Crippen LogP contribution is 2.13. The number of carbonyl (C=O) groups excluding carboxylic acids is 1. The highest BCUT2D eigenvalue weighted by molar-refractivity contribution is 5.95. The third-order valence-electron chi connectivity index (χ3n) is 3.25. The van der Waals surface area contributed by atoms with E-state index in [4.69, 9.17) is 5.73 Å². The average molecular weight is 258 g/mol. The van der Waals surface area contributed by atoms with Gasteiger partial charge in [0, 0.05) is 29.1 Å². The maximum Gasteiger partial charge on any atom is 0.251 e. The van der Waals surface area contributed by atoms with Crippen LogP contribution < -0.4 is 11.1 Å². The molecule has 2 aromatic rings. The Morgan fingerprint density at radius 2 is 2.11 bits per heavy atom. The van der Waals surface area contributed by atoms with Gasteiger partial charge < -0.3 is 11.1 Å². The molecule has 0 bridgehead atoms. The van der Waals surface area contributed by atoms with E-state index in [1.165, 1.54) is 0 Å². The van der Waals surface area contributed by atoms with Crippen LogP contribution in [0, 0.1) is 20.8 Å². The number of carbonyl (C=O) groups is 1. The fourth-order valence-electron chi connectivity index (χ4n) is 1.89. The lowest BCUT2D eigenvalue weighted by atomic mass is 10.1. The normalized spacial score (nSPS) is 10.5. The third kappa shape index (κ3) is 2.76. The van der Waals surface area contributed by atoms with Gasteiger partial charge in [-0.2, -0.15) is 5.10 Å². The molecule has 100 valence electrons. The number of hydrogen-bond acceptors (Lipinski definition) is 3. The highest BCUT2D eigenvalue weighted by atomic mass is 16.1. The van der Waals surface area contributed by atoms with E-state index in [-0.39, 0.29) is 5.91 Å². The number of aryl methyl sites for hydroxylation is 3. The molecule has 2 rings (SSSR count). The topological polar surface area (TPSA) is 83.8 Å². The van der Waals surface area contributed by atoms with Crippen LogP contribution in [0.2, 0.25) is 0 Å². The lowest BCUT2D eigenvalue weighted by Crippen LogP contribution is -2.23. The molecule has 1 aromatic heterocycles. The van der Waals surface area contributed by atoms with E-state index in [2.05, 4.69) is 15.5 Å². The maximum absolute atomic E-state index is 12.0. The smallest absolute Gasteiger partial charge is 0.251 e. The summed E-state index contributed by atoms with van der Waals surface area (Å²) < 4.78 is 0. The number of rotatable bonds is 3. The Kier molecular flexibility index (Phi) is 3.55. The molecule has 1 heterocycles. The van der Waals surface area contributed by atoms with Crippen LogP contribution in [0.15, 0.2) is 18.2 Å². The summed E-state index contributed by atoms with van der Waals surface area (Å²) in [6.07, 6.45) is 0. The first-order valence-corrected chi connectivity index (χ1v) is 6.14. The van der Waals surface area contributed by atoms with Gasteiger partial charge in [0.2, 0.25) is 0 Å². The zero-order valence-corrected chi connectivity index (χ0v) is 11.4. The molecule has 0 unspecified atom stereocenters. The highest BCUT2D eigenvalue weighted by Gasteiger charge is 2.10. The standard InChI is InChI=1S/C14H18N4O/c1-8-4-5-11(6-13(8)15)14(19)16-7-12-9(2)17-18-10(12)3/h4-6H,7,15H2,1-3H3,(H,16,19)(H,17,18). The zero-order valence-electron chi connectivity index (χ0n) is 11.4. The Labute approximate surface area is 112 Å². The molecule has 0 saturated carbocycles. The summed E-state index contributed by atoms with van der Waals surface area (Å²) in [5, 5.41) is 9.87. The van der Waals surface area contributed by atoms with Gasteiger partial charge in [-0.3, -0.25) is 9.89 Å². The second kappa shape index (κ2) is 5.14. The first kappa shape index (κ1) is 13.1. The molecule has 0 aliphatic carbocycles. The van der Waals surface area contributed by atoms with Gasteiger partial charge >= 0.3 is 0 Å². The lowest BCUT2D eigenvalue weighted by Gasteiger charge is -2.07. The van der Waals surface area contributed by atoms with E-state index in [0.717, 1.165) is 22.5 Å². The van der Waals surface area contributed by atoms with Crippen molar-refractivity contribution < 1.29 is 4.79 Å². The molecule has 19 heavy (non-hydrogen) atoms. The number of nitrogens with zero attached hydrogens (tertiary/aromatic N) is 1. The van der Waals surface area contributed by atoms with E-state index < -0.39 is 0 Å². The van der Waals surface area contributed by atoms with Crippen molar-refractivity contribution in [1.29, 1.82) is 0 Å². The predicted octanol–water partition coefficient (Wildman–Crippen LogP) is 1.85. The lowest BCUT2D eigenvalue weighted by molar-refractivity contribution is 0.0951. The average Bonchev–Trinajstić information content (AvgIpc) is 2.69. The SMILES string of the molecule is Cc1ccc(C(=O)NCc2c(C)n[nH]c2C)cc1N. The van der Waals surface area contributed by atoms with Crippen LogP contribution in [0.25, 0.3) is 0 Å². The quantitative estimate of drug-likeness (QED) is 0.734. The Balaban J connectivity index is 2.07. The monoisotopic (exact) mass is 258 g/mol. The van der Waals surface area contributed by atoms with Crippen LogP contribution in [0.4, 0.5) is 5.69 Å². The predicted molar refractivity (Wildman–Crippen MR) is 74.8 cm³/mol. The number of anilines is 1. The summed E-state index contributed by atoms with van der Waals surface area (Å²) in [5.74, 6) is -0.133. The summed E-state index contributed by atoms with van der Waals surface area (Å²) in [6.45, 7) is 6.22. The molecule has 0 atom stereocenters. The molecule has 0 fully saturated rings. The Bertz CT molecular complexity index is 596. The Morgan fingerprint density at radius 3 is 2.68 bits per heavy atom. The number of aromatic nitrogens is 2. The minimum Gasteiger partial charge on any atom is -0.398 e. The maximum atomic E-state index is 12.0. The minimum atomic E-state index is -0.133. The van der Waals surface area contributed by atoms with Gasteiger partial charge in [0.25, 0.3) is 5.91 Å². The van der Waals surface area contributed by atoms with Crippen molar-refractivity contribution in [3.8, 4) is 0 Å². The Morgan fingerprint density at radius 1 is 1.37 bits per heavy atom. The first-order valence-electron chi connectivity index (χ1n) is 6.14. The van der Waals surface area contributed by atoms with Crippen LogP contribution in [0.3, 0.4) is 0 Å². The Hall–Kier alpha value is -2.30. The molecule has 1 aromatic carbocycles. The van der Waals surface area contributed by atoms with Gasteiger partial charge in [-0.15, -0.1) is 0 Å². The molecule has 1 amide bonds. The minimum absolute atomic E-state index is 0.133. The summed E-state index contributed by atoms with van der Waals surface area (Å²) in [4.78, 5) is 12.0. The molecular weight excluding hydrogens is 240 g/mol. The number of aromatic amines is 1. The largest absolute Gasteiger partial charge is 0.398 e. The number of nitrogen functional groups attached to an aromatic ring is 1. The first-order chi connectivity index (χ1) is 8.99. The number of hydrogen-bond donors (Lipinski definition) is 3. The second-order valence-corrected chi connectivity index (χ2v) is 4.67. The van der Waals surface area contributed by atoms with Crippen molar-refractivity contribution in [1.82, 2.24) is 15.5 Å². The van der Waals surface area contributed by atoms with Crippen LogP contribution in [0.5, 0.6) is 0 Å². The van der Waals surface area contributed by atoms with Gasteiger partial charge in [0.15, 0.2) is 0 Å². The van der Waals surface area contributed by atoms with E-state index in [1.54, 1.807) is 12.1 Å². The summed E-state index contributed by atoms with van der Waals surface area (Å²) in [6, 6.07) is 5.31. The van der Waals surface area contributed by atoms with Crippen LogP contribution in [-0.2, 0) is 6.54 Å². The number of benzene rings is 1. The van der Waals surface area contributed by atoms with Gasteiger partial charge in [-0.05, 0) is 38.5 Å². The second-order valence-electron chi connectivity index (χ2n) is 4.67. The molecular formula is C14H18N4O. The summed E-state index contributed by atoms with van der Waals surface area (Å²) in [7, 11) is 0. The molecule has 0 radical (unpaired) electrons. The molecule has 5 heteroatoms. The molecule has 0 saturated heterocycles. The number of amides is 1. The van der Waals surface area contributed by atoms with Gasteiger partial charge in [0.1, 0.15) is 0 Å². The van der Waals surface area contributed by atoms with Crippen LogP contribution in [-0.4, -0.2) is 16.1 Å². The van der Waals surface area contributed by atoms with Crippen LogP contribution in [0.1, 0.15) is 32.9 Å². The third-order valence-corrected chi connectivity index (χ3v) is 3.25. The summed E-state index contributed by atoms with van der Waals surface area (Å²) >= 11 is 0. The van der Waals surface area contributed by atoms with Gasteiger partial charge in [0.05, 0.1) is 5.69 Å². The fourth-order valence-corrected chi connectivity index (χ4v) is 1.89. The van der Waals surface area contributed by atoms with Crippen molar-refractivity contribution in [2.45, 2.75) is 27.3 Å².